The third-order valence-electron chi connectivity index (χ3n) is 6.20. The maximum atomic E-state index is 12.5. The van der Waals surface area contributed by atoms with Crippen molar-refractivity contribution in [3.05, 3.63) is 41.1 Å². The monoisotopic (exact) mass is 428 g/mol. The van der Waals surface area contributed by atoms with Gasteiger partial charge in [0, 0.05) is 19.5 Å². The topological polar surface area (TPSA) is 84.3 Å². The second kappa shape index (κ2) is 9.54. The summed E-state index contributed by atoms with van der Waals surface area (Å²) >= 11 is -1.07. The lowest BCUT2D eigenvalue weighted by molar-refractivity contribution is 0.268. The number of aromatic nitrogens is 2. The summed E-state index contributed by atoms with van der Waals surface area (Å²) in [5.74, 6) is 2.56. The van der Waals surface area contributed by atoms with Crippen LogP contribution in [-0.2, 0) is 17.6 Å². The summed E-state index contributed by atoms with van der Waals surface area (Å²) in [7, 11) is 0. The van der Waals surface area contributed by atoms with Crippen LogP contribution in [0.4, 0.5) is 11.8 Å². The van der Waals surface area contributed by atoms with Gasteiger partial charge >= 0.3 is 0 Å². The van der Waals surface area contributed by atoms with Crippen LogP contribution in [-0.4, -0.2) is 51.1 Å². The van der Waals surface area contributed by atoms with Crippen molar-refractivity contribution in [3.63, 3.8) is 0 Å². The molecular formula is C23H32N4O2S. The van der Waals surface area contributed by atoms with Gasteiger partial charge in [-0.2, -0.15) is 4.98 Å². The molecule has 0 bridgehead atoms. The lowest BCUT2D eigenvalue weighted by Crippen LogP contribution is -2.35. The van der Waals surface area contributed by atoms with Gasteiger partial charge in [-0.3, -0.25) is 0 Å². The highest BCUT2D eigenvalue weighted by atomic mass is 32.2. The van der Waals surface area contributed by atoms with E-state index >= 15 is 0 Å². The molecule has 6 nitrogen and oxygen atoms in total. The van der Waals surface area contributed by atoms with Crippen LogP contribution in [0, 0.1) is 6.92 Å². The molecule has 162 valence electrons. The normalized spacial score (nSPS) is 20.3. The Balaban J connectivity index is 1.52. The second-order valence-corrected chi connectivity index (χ2v) is 9.94. The highest BCUT2D eigenvalue weighted by Gasteiger charge is 2.34. The van der Waals surface area contributed by atoms with E-state index in [-0.39, 0.29) is 12.6 Å². The molecule has 2 N–H and O–H groups in total. The smallest absolute Gasteiger partial charge is 0.227 e. The van der Waals surface area contributed by atoms with E-state index in [2.05, 4.69) is 48.3 Å². The zero-order valence-corrected chi connectivity index (χ0v) is 18.7. The van der Waals surface area contributed by atoms with Gasteiger partial charge in [-0.05, 0) is 48.8 Å². The Bertz CT molecular complexity index is 853. The first-order valence-corrected chi connectivity index (χ1v) is 12.4. The number of benzene rings is 1. The maximum Gasteiger partial charge on any atom is 0.227 e. The van der Waals surface area contributed by atoms with Gasteiger partial charge in [-0.1, -0.05) is 43.2 Å². The molecule has 0 aliphatic carbocycles. The van der Waals surface area contributed by atoms with Gasteiger partial charge in [0.2, 0.25) is 10.8 Å². The van der Waals surface area contributed by atoms with E-state index in [1.54, 1.807) is 0 Å². The fraction of sp³-hybridized carbons (Fsp3) is 0.565. The third kappa shape index (κ3) is 4.58. The molecule has 0 spiro atoms. The molecule has 0 radical (unpaired) electrons. The Morgan fingerprint density at radius 3 is 2.63 bits per heavy atom. The Morgan fingerprint density at radius 2 is 1.97 bits per heavy atom. The van der Waals surface area contributed by atoms with Crippen LogP contribution in [0.3, 0.4) is 0 Å². The summed E-state index contributed by atoms with van der Waals surface area (Å²) in [5, 5.41) is 13.1. The van der Waals surface area contributed by atoms with Crippen LogP contribution in [0.15, 0.2) is 29.2 Å². The van der Waals surface area contributed by atoms with E-state index in [9.17, 15) is 9.66 Å². The minimum atomic E-state index is -1.07. The number of nitrogens with zero attached hydrogens (tertiary/aromatic N) is 3. The van der Waals surface area contributed by atoms with E-state index in [1.807, 2.05) is 0 Å². The van der Waals surface area contributed by atoms with Crippen molar-refractivity contribution < 1.29 is 9.66 Å². The van der Waals surface area contributed by atoms with Gasteiger partial charge in [-0.15, -0.1) is 0 Å². The molecule has 1 unspecified atom stereocenters. The minimum Gasteiger partial charge on any atom is -0.611 e. The van der Waals surface area contributed by atoms with Gasteiger partial charge in [0.25, 0.3) is 0 Å². The summed E-state index contributed by atoms with van der Waals surface area (Å²) in [5.41, 5.74) is 3.61. The van der Waals surface area contributed by atoms with Crippen LogP contribution in [0.2, 0.25) is 0 Å². The molecule has 2 aliphatic rings. The number of hydrogen-bond acceptors (Lipinski definition) is 6. The van der Waals surface area contributed by atoms with Crippen molar-refractivity contribution in [2.75, 3.05) is 35.7 Å². The molecule has 2 atom stereocenters. The number of piperidine rings is 1. The van der Waals surface area contributed by atoms with E-state index in [4.69, 9.17) is 9.97 Å². The lowest BCUT2D eigenvalue weighted by Gasteiger charge is -2.32. The predicted octanol–water partition coefficient (Wildman–Crippen LogP) is 3.41. The molecule has 7 heteroatoms. The number of nitrogens with one attached hydrogen (secondary N) is 1. The number of fused-ring (bicyclic) bond motifs is 1. The number of aliphatic hydroxyl groups is 1. The molecule has 1 aromatic heterocycles. The standard InChI is InChI=1S/C23H32N4O2S/c1-3-4-19(15-28)24-22-21-20(11-14-30(21)29)25-23(26-22)27-12-9-18(10-13-27)17-7-5-16(2)6-8-17/h5-8,18-19,28H,3-4,9-15H2,1-2H3,(H,24,25,26)/t19-,30?/m1/s1. The van der Waals surface area contributed by atoms with E-state index in [0.29, 0.717) is 17.5 Å². The van der Waals surface area contributed by atoms with Crippen molar-refractivity contribution in [1.82, 2.24) is 9.97 Å². The molecule has 2 aromatic rings. The number of aliphatic hydroxyl groups excluding tert-OH is 1. The largest absolute Gasteiger partial charge is 0.611 e. The summed E-state index contributed by atoms with van der Waals surface area (Å²) in [6.07, 6.45) is 4.69. The molecule has 30 heavy (non-hydrogen) atoms. The first-order valence-electron chi connectivity index (χ1n) is 11.1. The zero-order valence-electron chi connectivity index (χ0n) is 17.9. The molecule has 1 saturated heterocycles. The van der Waals surface area contributed by atoms with Crippen molar-refractivity contribution in [2.24, 2.45) is 0 Å². The summed E-state index contributed by atoms with van der Waals surface area (Å²) in [6, 6.07) is 8.81. The molecular weight excluding hydrogens is 396 g/mol. The summed E-state index contributed by atoms with van der Waals surface area (Å²) in [4.78, 5) is 12.6. The maximum absolute atomic E-state index is 12.5. The number of rotatable bonds is 7. The van der Waals surface area contributed by atoms with E-state index in [0.717, 1.165) is 61.7 Å². The highest BCUT2D eigenvalue weighted by Crippen LogP contribution is 2.35. The van der Waals surface area contributed by atoms with Gasteiger partial charge in [0.05, 0.1) is 12.6 Å². The van der Waals surface area contributed by atoms with Crippen molar-refractivity contribution in [3.8, 4) is 0 Å². The quantitative estimate of drug-likeness (QED) is 0.658. The zero-order chi connectivity index (χ0) is 21.1. The molecule has 1 fully saturated rings. The van der Waals surface area contributed by atoms with Gasteiger partial charge in [0.1, 0.15) is 11.4 Å². The van der Waals surface area contributed by atoms with E-state index < -0.39 is 11.2 Å². The van der Waals surface area contributed by atoms with Crippen molar-refractivity contribution >= 4 is 22.9 Å². The minimum absolute atomic E-state index is 0.0382. The van der Waals surface area contributed by atoms with Gasteiger partial charge < -0.3 is 19.9 Å². The number of hydrogen-bond donors (Lipinski definition) is 2. The fourth-order valence-corrected chi connectivity index (χ4v) is 5.74. The molecule has 0 amide bonds. The van der Waals surface area contributed by atoms with Gasteiger partial charge in [0.15, 0.2) is 5.82 Å². The first-order chi connectivity index (χ1) is 14.6. The Morgan fingerprint density at radius 1 is 1.23 bits per heavy atom. The van der Waals surface area contributed by atoms with Crippen LogP contribution in [0.1, 0.15) is 55.3 Å². The molecule has 1 aromatic carbocycles. The summed E-state index contributed by atoms with van der Waals surface area (Å²) < 4.78 is 12.5. The first kappa shape index (κ1) is 21.4. The van der Waals surface area contributed by atoms with Gasteiger partial charge in [-0.25, -0.2) is 4.98 Å². The molecule has 2 aliphatic heterocycles. The average Bonchev–Trinajstić information content (AvgIpc) is 3.15. The highest BCUT2D eigenvalue weighted by molar-refractivity contribution is 7.91. The number of anilines is 2. The van der Waals surface area contributed by atoms with Crippen LogP contribution in [0.5, 0.6) is 0 Å². The SMILES string of the molecule is CCC[C@H](CO)Nc1nc(N2CCC(c3ccc(C)cc3)CC2)nc2c1[S+]([O-])CC2. The molecule has 0 saturated carbocycles. The van der Waals surface area contributed by atoms with Crippen LogP contribution in [0.25, 0.3) is 0 Å². The second-order valence-electron chi connectivity index (χ2n) is 8.43. The Kier molecular flexibility index (Phi) is 6.80. The fourth-order valence-electron chi connectivity index (χ4n) is 4.43. The third-order valence-corrected chi connectivity index (χ3v) is 7.66. The molecule has 3 heterocycles. The molecule has 4 rings (SSSR count). The average molecular weight is 429 g/mol. The van der Waals surface area contributed by atoms with Crippen molar-refractivity contribution in [2.45, 2.75) is 62.8 Å². The van der Waals surface area contributed by atoms with Crippen LogP contribution < -0.4 is 10.2 Å². The Hall–Kier alpha value is -1.83. The summed E-state index contributed by atoms with van der Waals surface area (Å²) in [6.45, 7) is 6.08. The Labute approximate surface area is 182 Å². The predicted molar refractivity (Wildman–Crippen MR) is 122 cm³/mol. The van der Waals surface area contributed by atoms with Crippen molar-refractivity contribution in [1.29, 1.82) is 0 Å². The number of aryl methyl sites for hydroxylation is 2. The van der Waals surface area contributed by atoms with E-state index in [1.165, 1.54) is 11.1 Å². The lowest BCUT2D eigenvalue weighted by atomic mass is 9.89. The van der Waals surface area contributed by atoms with Crippen LogP contribution >= 0.6 is 0 Å².